The Morgan fingerprint density at radius 2 is 1.67 bits per heavy atom. The van der Waals surface area contributed by atoms with Crippen LogP contribution >= 0.6 is 0 Å². The summed E-state index contributed by atoms with van der Waals surface area (Å²) in [5.41, 5.74) is 2.01. The van der Waals surface area contributed by atoms with E-state index < -0.39 is 15.9 Å². The van der Waals surface area contributed by atoms with E-state index in [2.05, 4.69) is 5.32 Å². The van der Waals surface area contributed by atoms with Crippen LogP contribution in [0.15, 0.2) is 42.5 Å². The van der Waals surface area contributed by atoms with Gasteiger partial charge in [0.05, 0.1) is 26.2 Å². The minimum absolute atomic E-state index is 0.335. The van der Waals surface area contributed by atoms with Crippen LogP contribution in [0.1, 0.15) is 12.5 Å². The number of benzene rings is 2. The molecule has 27 heavy (non-hydrogen) atoms. The average molecular weight is 392 g/mol. The minimum atomic E-state index is -3.62. The molecule has 2 aromatic rings. The highest BCUT2D eigenvalue weighted by Crippen LogP contribution is 2.29. The van der Waals surface area contributed by atoms with E-state index >= 15 is 0 Å². The van der Waals surface area contributed by atoms with E-state index in [-0.39, 0.29) is 6.54 Å². The third-order valence-corrected chi connectivity index (χ3v) is 5.13. The minimum Gasteiger partial charge on any atom is -0.493 e. The number of aryl methyl sites for hydroxylation is 1. The van der Waals surface area contributed by atoms with E-state index in [1.54, 1.807) is 30.3 Å². The lowest BCUT2D eigenvalue weighted by atomic mass is 10.1. The second kappa shape index (κ2) is 8.77. The second-order valence-electron chi connectivity index (χ2n) is 5.91. The van der Waals surface area contributed by atoms with Crippen molar-refractivity contribution in [2.24, 2.45) is 0 Å². The first-order chi connectivity index (χ1) is 12.8. The summed E-state index contributed by atoms with van der Waals surface area (Å²) in [7, 11) is -0.608. The molecule has 0 aliphatic rings. The smallest absolute Gasteiger partial charge is 0.245 e. The van der Waals surface area contributed by atoms with Crippen LogP contribution in [-0.4, -0.2) is 41.3 Å². The molecule has 7 nitrogen and oxygen atoms in total. The third-order valence-electron chi connectivity index (χ3n) is 3.99. The molecule has 2 rings (SSSR count). The van der Waals surface area contributed by atoms with Gasteiger partial charge in [0, 0.05) is 11.8 Å². The molecule has 0 bridgehead atoms. The monoisotopic (exact) mass is 392 g/mol. The Morgan fingerprint density at radius 3 is 2.19 bits per heavy atom. The van der Waals surface area contributed by atoms with Crippen molar-refractivity contribution in [2.75, 3.05) is 36.6 Å². The van der Waals surface area contributed by atoms with Crippen molar-refractivity contribution in [3.63, 3.8) is 0 Å². The molecule has 0 radical (unpaired) electrons. The average Bonchev–Trinajstić information content (AvgIpc) is 2.65. The molecule has 0 saturated heterocycles. The Kier molecular flexibility index (Phi) is 6.68. The van der Waals surface area contributed by atoms with Crippen molar-refractivity contribution < 1.29 is 22.7 Å². The van der Waals surface area contributed by atoms with Crippen molar-refractivity contribution in [3.05, 3.63) is 48.0 Å². The SMILES string of the molecule is CCc1ccc(N(CC(=O)Nc2ccc(OC)c(OC)c2)S(C)(=O)=O)cc1. The molecule has 0 heterocycles. The van der Waals surface area contributed by atoms with Crippen molar-refractivity contribution in [1.82, 2.24) is 0 Å². The predicted molar refractivity (Wildman–Crippen MR) is 106 cm³/mol. The Morgan fingerprint density at radius 1 is 1.04 bits per heavy atom. The molecule has 0 fully saturated rings. The third kappa shape index (κ3) is 5.37. The molecule has 0 aliphatic carbocycles. The van der Waals surface area contributed by atoms with Gasteiger partial charge in [-0.15, -0.1) is 0 Å². The highest BCUT2D eigenvalue weighted by atomic mass is 32.2. The number of hydrogen-bond donors (Lipinski definition) is 1. The van der Waals surface area contributed by atoms with Crippen LogP contribution < -0.4 is 19.1 Å². The fourth-order valence-electron chi connectivity index (χ4n) is 2.54. The first kappa shape index (κ1) is 20.6. The van der Waals surface area contributed by atoms with E-state index in [1.165, 1.54) is 14.2 Å². The lowest BCUT2D eigenvalue weighted by Crippen LogP contribution is -2.37. The molecule has 0 aliphatic heterocycles. The Bertz CT molecular complexity index is 895. The normalized spacial score (nSPS) is 11.0. The van der Waals surface area contributed by atoms with Gasteiger partial charge in [-0.1, -0.05) is 19.1 Å². The van der Waals surface area contributed by atoms with Crippen molar-refractivity contribution >= 4 is 27.3 Å². The summed E-state index contributed by atoms with van der Waals surface area (Å²) in [5, 5.41) is 2.68. The largest absolute Gasteiger partial charge is 0.493 e. The van der Waals surface area contributed by atoms with Crippen molar-refractivity contribution in [1.29, 1.82) is 0 Å². The van der Waals surface area contributed by atoms with Gasteiger partial charge >= 0.3 is 0 Å². The Labute approximate surface area is 160 Å². The van der Waals surface area contributed by atoms with Crippen LogP contribution in [0.4, 0.5) is 11.4 Å². The van der Waals surface area contributed by atoms with Crippen molar-refractivity contribution in [2.45, 2.75) is 13.3 Å². The maximum Gasteiger partial charge on any atom is 0.245 e. The van der Waals surface area contributed by atoms with Gasteiger partial charge in [-0.3, -0.25) is 9.10 Å². The highest BCUT2D eigenvalue weighted by Gasteiger charge is 2.21. The van der Waals surface area contributed by atoms with Gasteiger partial charge < -0.3 is 14.8 Å². The predicted octanol–water partition coefficient (Wildman–Crippen LogP) is 2.67. The summed E-state index contributed by atoms with van der Waals surface area (Å²) in [6.45, 7) is 1.68. The summed E-state index contributed by atoms with van der Waals surface area (Å²) in [6.07, 6.45) is 1.92. The summed E-state index contributed by atoms with van der Waals surface area (Å²) < 4.78 is 35.8. The molecule has 0 spiro atoms. The molecular weight excluding hydrogens is 368 g/mol. The van der Waals surface area contributed by atoms with Gasteiger partial charge in [-0.25, -0.2) is 8.42 Å². The summed E-state index contributed by atoms with van der Waals surface area (Å²) in [6, 6.07) is 12.0. The number of methoxy groups -OCH3 is 2. The van der Waals surface area contributed by atoms with E-state index in [1.807, 2.05) is 19.1 Å². The number of hydrogen-bond acceptors (Lipinski definition) is 5. The Balaban J connectivity index is 2.19. The van der Waals surface area contributed by atoms with Gasteiger partial charge in [-0.2, -0.15) is 0 Å². The highest BCUT2D eigenvalue weighted by molar-refractivity contribution is 7.92. The maximum absolute atomic E-state index is 12.4. The van der Waals surface area contributed by atoms with Gasteiger partial charge in [0.2, 0.25) is 15.9 Å². The quantitative estimate of drug-likeness (QED) is 0.747. The molecule has 146 valence electrons. The summed E-state index contributed by atoms with van der Waals surface area (Å²) in [4.78, 5) is 12.4. The lowest BCUT2D eigenvalue weighted by Gasteiger charge is -2.22. The van der Waals surface area contributed by atoms with E-state index in [4.69, 9.17) is 9.47 Å². The molecule has 2 aromatic carbocycles. The topological polar surface area (TPSA) is 84.9 Å². The van der Waals surface area contributed by atoms with Crippen LogP contribution in [-0.2, 0) is 21.2 Å². The van der Waals surface area contributed by atoms with Gasteiger partial charge in [0.1, 0.15) is 6.54 Å². The summed E-state index contributed by atoms with van der Waals surface area (Å²) >= 11 is 0. The number of sulfonamides is 1. The zero-order valence-electron chi connectivity index (χ0n) is 15.9. The zero-order chi connectivity index (χ0) is 20.0. The van der Waals surface area contributed by atoms with Gasteiger partial charge in [-0.05, 0) is 36.2 Å². The molecule has 8 heteroatoms. The Hall–Kier alpha value is -2.74. The lowest BCUT2D eigenvalue weighted by molar-refractivity contribution is -0.114. The standard InChI is InChI=1S/C19H24N2O5S/c1-5-14-6-9-16(10-7-14)21(27(4,23)24)13-19(22)20-15-8-11-17(25-2)18(12-15)26-3/h6-12H,5,13H2,1-4H3,(H,20,22). The maximum atomic E-state index is 12.4. The zero-order valence-corrected chi connectivity index (χ0v) is 16.7. The fraction of sp³-hybridized carbons (Fsp3) is 0.316. The van der Waals surface area contributed by atoms with E-state index in [9.17, 15) is 13.2 Å². The molecule has 1 amide bonds. The molecule has 0 unspecified atom stereocenters. The van der Waals surface area contributed by atoms with Crippen LogP contribution in [0.5, 0.6) is 11.5 Å². The second-order valence-corrected chi connectivity index (χ2v) is 7.81. The number of nitrogens with zero attached hydrogens (tertiary/aromatic N) is 1. The van der Waals surface area contributed by atoms with Gasteiger partial charge in [0.15, 0.2) is 11.5 Å². The van der Waals surface area contributed by atoms with Crippen LogP contribution in [0.25, 0.3) is 0 Å². The van der Waals surface area contributed by atoms with Gasteiger partial charge in [0.25, 0.3) is 0 Å². The first-order valence-corrected chi connectivity index (χ1v) is 10.2. The molecule has 1 N–H and O–H groups in total. The molecule has 0 atom stereocenters. The molecule has 0 saturated carbocycles. The van der Waals surface area contributed by atoms with E-state index in [0.717, 1.165) is 22.5 Å². The number of rotatable bonds is 8. The van der Waals surface area contributed by atoms with Crippen LogP contribution in [0.2, 0.25) is 0 Å². The number of ether oxygens (including phenoxy) is 2. The molecule has 0 aromatic heterocycles. The van der Waals surface area contributed by atoms with E-state index in [0.29, 0.717) is 22.9 Å². The fourth-order valence-corrected chi connectivity index (χ4v) is 3.40. The van der Waals surface area contributed by atoms with Crippen molar-refractivity contribution in [3.8, 4) is 11.5 Å². The number of amides is 1. The number of carbonyl (C=O) groups excluding carboxylic acids is 1. The number of nitrogens with one attached hydrogen (secondary N) is 1. The number of carbonyl (C=O) groups is 1. The molecular formula is C19H24N2O5S. The number of anilines is 2. The van der Waals surface area contributed by atoms with Crippen LogP contribution in [0.3, 0.4) is 0 Å². The van der Waals surface area contributed by atoms with Crippen LogP contribution in [0, 0.1) is 0 Å². The summed E-state index contributed by atoms with van der Waals surface area (Å²) in [5.74, 6) is 0.530. The first-order valence-electron chi connectivity index (χ1n) is 8.37.